The highest BCUT2D eigenvalue weighted by molar-refractivity contribution is 7.89. The summed E-state index contributed by atoms with van der Waals surface area (Å²) in [5.74, 6) is -1.64. The predicted molar refractivity (Wildman–Crippen MR) is 96.5 cm³/mol. The second-order valence-corrected chi connectivity index (χ2v) is 8.33. The van der Waals surface area contributed by atoms with Crippen molar-refractivity contribution in [2.75, 3.05) is 19.7 Å². The zero-order valence-electron chi connectivity index (χ0n) is 15.2. The summed E-state index contributed by atoms with van der Waals surface area (Å²) in [6.45, 7) is 3.71. The number of sulfonamides is 1. The van der Waals surface area contributed by atoms with Gasteiger partial charge in [-0.05, 0) is 44.9 Å². The van der Waals surface area contributed by atoms with Gasteiger partial charge in [0.05, 0.1) is 10.5 Å². The van der Waals surface area contributed by atoms with Crippen molar-refractivity contribution >= 4 is 27.9 Å². The smallest absolute Gasteiger partial charge is 0.338 e. The Morgan fingerprint density at radius 3 is 2.48 bits per heavy atom. The van der Waals surface area contributed by atoms with Gasteiger partial charge in [0.25, 0.3) is 5.91 Å². The summed E-state index contributed by atoms with van der Waals surface area (Å²) in [7, 11) is -3.66. The van der Waals surface area contributed by atoms with Crippen LogP contribution in [0.4, 0.5) is 4.79 Å². The first-order chi connectivity index (χ1) is 12.7. The van der Waals surface area contributed by atoms with Gasteiger partial charge in [-0.1, -0.05) is 6.07 Å². The maximum Gasteiger partial charge on any atom is 0.338 e. The van der Waals surface area contributed by atoms with Crippen LogP contribution < -0.4 is 10.6 Å². The van der Waals surface area contributed by atoms with Gasteiger partial charge in [-0.25, -0.2) is 18.0 Å². The summed E-state index contributed by atoms with van der Waals surface area (Å²) in [4.78, 5) is 35.1. The molecule has 1 aromatic carbocycles. The van der Waals surface area contributed by atoms with Gasteiger partial charge in [0.2, 0.25) is 10.0 Å². The minimum absolute atomic E-state index is 0.000359. The lowest BCUT2D eigenvalue weighted by molar-refractivity contribution is -0.123. The second kappa shape index (κ2) is 8.96. The molecule has 0 unspecified atom stereocenters. The van der Waals surface area contributed by atoms with Crippen molar-refractivity contribution in [3.05, 3.63) is 29.8 Å². The molecule has 0 atom stereocenters. The summed E-state index contributed by atoms with van der Waals surface area (Å²) >= 11 is 0. The molecule has 9 nitrogen and oxygen atoms in total. The Hall–Kier alpha value is -2.46. The van der Waals surface area contributed by atoms with Crippen molar-refractivity contribution in [1.82, 2.24) is 14.9 Å². The molecule has 1 fully saturated rings. The van der Waals surface area contributed by atoms with E-state index in [-0.39, 0.29) is 16.5 Å². The fourth-order valence-corrected chi connectivity index (χ4v) is 4.10. The van der Waals surface area contributed by atoms with Gasteiger partial charge < -0.3 is 10.1 Å². The highest BCUT2D eigenvalue weighted by Gasteiger charge is 2.27. The van der Waals surface area contributed by atoms with Crippen molar-refractivity contribution in [3.8, 4) is 0 Å². The van der Waals surface area contributed by atoms with Crippen molar-refractivity contribution in [1.29, 1.82) is 0 Å². The number of carbonyl (C=O) groups excluding carboxylic acids is 3. The molecule has 2 N–H and O–H groups in total. The average molecular weight is 397 g/mol. The molecule has 1 aliphatic rings. The quantitative estimate of drug-likeness (QED) is 0.687. The van der Waals surface area contributed by atoms with E-state index in [1.165, 1.54) is 28.6 Å². The van der Waals surface area contributed by atoms with E-state index in [2.05, 4.69) is 5.32 Å². The van der Waals surface area contributed by atoms with E-state index >= 15 is 0 Å². The number of ether oxygens (including phenoxy) is 1. The molecular weight excluding hydrogens is 374 g/mol. The normalized spacial score (nSPS) is 14.8. The number of imide groups is 1. The molecule has 10 heteroatoms. The van der Waals surface area contributed by atoms with Crippen LogP contribution in [-0.2, 0) is 19.6 Å². The maximum absolute atomic E-state index is 12.5. The monoisotopic (exact) mass is 397 g/mol. The molecule has 0 radical (unpaired) electrons. The summed E-state index contributed by atoms with van der Waals surface area (Å²) < 4.78 is 31.3. The molecule has 0 saturated carbocycles. The highest BCUT2D eigenvalue weighted by atomic mass is 32.2. The van der Waals surface area contributed by atoms with Gasteiger partial charge in [-0.15, -0.1) is 0 Å². The first-order valence-electron chi connectivity index (χ1n) is 8.58. The third-order valence-electron chi connectivity index (χ3n) is 3.78. The summed E-state index contributed by atoms with van der Waals surface area (Å²) in [6.07, 6.45) is 1.61. The highest BCUT2D eigenvalue weighted by Crippen LogP contribution is 2.21. The number of carbonyl (C=O) groups is 3. The minimum atomic E-state index is -3.66. The molecule has 3 amide bonds. The number of rotatable bonds is 6. The van der Waals surface area contributed by atoms with Crippen LogP contribution in [0.15, 0.2) is 29.2 Å². The molecule has 2 rings (SSSR count). The van der Waals surface area contributed by atoms with E-state index in [4.69, 9.17) is 4.74 Å². The second-order valence-electron chi connectivity index (χ2n) is 6.39. The van der Waals surface area contributed by atoms with Crippen molar-refractivity contribution in [2.24, 2.45) is 0 Å². The van der Waals surface area contributed by atoms with Crippen LogP contribution in [0.25, 0.3) is 0 Å². The van der Waals surface area contributed by atoms with Crippen LogP contribution in [0.1, 0.15) is 37.0 Å². The third kappa shape index (κ3) is 5.76. The van der Waals surface area contributed by atoms with Crippen LogP contribution in [0, 0.1) is 0 Å². The Morgan fingerprint density at radius 1 is 1.19 bits per heavy atom. The van der Waals surface area contributed by atoms with Crippen molar-refractivity contribution in [3.63, 3.8) is 0 Å². The molecule has 1 aromatic rings. The van der Waals surface area contributed by atoms with Gasteiger partial charge in [0.15, 0.2) is 6.61 Å². The number of hydrogen-bond donors (Lipinski definition) is 2. The fraction of sp³-hybridized carbons (Fsp3) is 0.471. The molecule has 0 spiro atoms. The molecular formula is C17H23N3O6S. The van der Waals surface area contributed by atoms with Gasteiger partial charge in [0.1, 0.15) is 0 Å². The summed E-state index contributed by atoms with van der Waals surface area (Å²) in [5, 5.41) is 4.48. The molecule has 0 aromatic heterocycles. The Labute approximate surface area is 158 Å². The number of esters is 1. The number of nitrogens with one attached hydrogen (secondary N) is 2. The lowest BCUT2D eigenvalue weighted by Gasteiger charge is -2.15. The SMILES string of the molecule is CC(C)NC(=O)NC(=O)COC(=O)c1cccc(S(=O)(=O)N2CCCC2)c1. The number of benzene rings is 1. The molecule has 0 aliphatic carbocycles. The van der Waals surface area contributed by atoms with Crippen molar-refractivity contribution < 1.29 is 27.5 Å². The summed E-state index contributed by atoms with van der Waals surface area (Å²) in [6, 6.07) is 4.63. The van der Waals surface area contributed by atoms with Crippen LogP contribution in [0.5, 0.6) is 0 Å². The fourth-order valence-electron chi connectivity index (χ4n) is 2.54. The van der Waals surface area contributed by atoms with Gasteiger partial charge in [-0.3, -0.25) is 10.1 Å². The molecule has 1 heterocycles. The number of hydrogen-bond acceptors (Lipinski definition) is 6. The molecule has 0 bridgehead atoms. The number of amides is 3. The first-order valence-corrected chi connectivity index (χ1v) is 10.0. The van der Waals surface area contributed by atoms with Crippen molar-refractivity contribution in [2.45, 2.75) is 37.6 Å². The van der Waals surface area contributed by atoms with Crippen LogP contribution in [-0.4, -0.2) is 56.4 Å². The Balaban J connectivity index is 1.97. The standard InChI is InChI=1S/C17H23N3O6S/c1-12(2)18-17(23)19-15(21)11-26-16(22)13-6-5-7-14(10-13)27(24,25)20-8-3-4-9-20/h5-7,10,12H,3-4,8-9,11H2,1-2H3,(H2,18,19,21,23). The number of urea groups is 1. The molecule has 1 saturated heterocycles. The lowest BCUT2D eigenvalue weighted by atomic mass is 10.2. The zero-order chi connectivity index (χ0) is 20.0. The van der Waals surface area contributed by atoms with Gasteiger partial charge >= 0.3 is 12.0 Å². The van der Waals surface area contributed by atoms with Gasteiger partial charge in [-0.2, -0.15) is 4.31 Å². The Kier molecular flexibility index (Phi) is 6.92. The largest absolute Gasteiger partial charge is 0.452 e. The third-order valence-corrected chi connectivity index (χ3v) is 5.67. The Bertz CT molecular complexity index is 816. The van der Waals surface area contributed by atoms with E-state index < -0.39 is 34.5 Å². The molecule has 27 heavy (non-hydrogen) atoms. The number of nitrogens with zero attached hydrogens (tertiary/aromatic N) is 1. The zero-order valence-corrected chi connectivity index (χ0v) is 16.0. The van der Waals surface area contributed by atoms with E-state index in [1.54, 1.807) is 13.8 Å². The summed E-state index contributed by atoms with van der Waals surface area (Å²) in [5.41, 5.74) is 0.00899. The van der Waals surface area contributed by atoms with E-state index in [0.29, 0.717) is 13.1 Å². The van der Waals surface area contributed by atoms with Crippen LogP contribution in [0.2, 0.25) is 0 Å². The minimum Gasteiger partial charge on any atom is -0.452 e. The van der Waals surface area contributed by atoms with Crippen LogP contribution in [0.3, 0.4) is 0 Å². The Morgan fingerprint density at radius 2 is 1.85 bits per heavy atom. The van der Waals surface area contributed by atoms with E-state index in [9.17, 15) is 22.8 Å². The van der Waals surface area contributed by atoms with E-state index in [1.807, 2.05) is 5.32 Å². The average Bonchev–Trinajstić information content (AvgIpc) is 3.14. The van der Waals surface area contributed by atoms with Gasteiger partial charge in [0, 0.05) is 19.1 Å². The predicted octanol–water partition coefficient (Wildman–Crippen LogP) is 0.862. The molecule has 148 valence electrons. The first kappa shape index (κ1) is 20.8. The lowest BCUT2D eigenvalue weighted by Crippen LogP contribution is -2.44. The topological polar surface area (TPSA) is 122 Å². The molecule has 1 aliphatic heterocycles. The maximum atomic E-state index is 12.5. The van der Waals surface area contributed by atoms with E-state index in [0.717, 1.165) is 12.8 Å². The van der Waals surface area contributed by atoms with Crippen LogP contribution >= 0.6 is 0 Å².